The van der Waals surface area contributed by atoms with Gasteiger partial charge in [0.15, 0.2) is 0 Å². The lowest BCUT2D eigenvalue weighted by Crippen LogP contribution is -2.35. The number of methoxy groups -OCH3 is 2. The molecule has 0 unspecified atom stereocenters. The molecule has 2 fully saturated rings. The third-order valence-corrected chi connectivity index (χ3v) is 9.36. The lowest BCUT2D eigenvalue weighted by atomic mass is 9.99. The number of nitrogens with zero attached hydrogens (tertiary/aromatic N) is 3. The molecular weight excluding hydrogens is 653 g/mol. The van der Waals surface area contributed by atoms with Gasteiger partial charge in [0.25, 0.3) is 0 Å². The van der Waals surface area contributed by atoms with Crippen molar-refractivity contribution in [3.8, 4) is 45.3 Å². The molecule has 0 radical (unpaired) electrons. The van der Waals surface area contributed by atoms with Crippen LogP contribution in [0.3, 0.4) is 0 Å². The number of amides is 2. The normalized spacial score (nSPS) is 17.3. The number of carbonyl (C=O) groups excluding carboxylic acids is 2. The highest BCUT2D eigenvalue weighted by molar-refractivity contribution is 6.39. The molecule has 2 aliphatic rings. The van der Waals surface area contributed by atoms with E-state index < -0.39 is 0 Å². The van der Waals surface area contributed by atoms with E-state index in [2.05, 4.69) is 31.2 Å². The summed E-state index contributed by atoms with van der Waals surface area (Å²) in [5.41, 5.74) is 5.70. The molecular formula is C35H37Cl2N7O4. The van der Waals surface area contributed by atoms with Crippen LogP contribution < -0.4 is 30.7 Å². The molecule has 2 aliphatic heterocycles. The zero-order chi connectivity index (χ0) is 33.6. The maximum Gasteiger partial charge on any atom is 0.220 e. The van der Waals surface area contributed by atoms with Crippen LogP contribution in [-0.4, -0.2) is 66.2 Å². The van der Waals surface area contributed by atoms with Crippen molar-refractivity contribution in [1.82, 2.24) is 36.2 Å². The predicted molar refractivity (Wildman–Crippen MR) is 185 cm³/mol. The van der Waals surface area contributed by atoms with Gasteiger partial charge in [-0.3, -0.25) is 19.6 Å². The topological polar surface area (TPSA) is 139 Å². The van der Waals surface area contributed by atoms with E-state index in [4.69, 9.17) is 37.7 Å². The van der Waals surface area contributed by atoms with Crippen molar-refractivity contribution in [2.75, 3.05) is 27.3 Å². The van der Waals surface area contributed by atoms with Crippen LogP contribution in [0.1, 0.15) is 36.9 Å². The maximum absolute atomic E-state index is 11.5. The number of nitrogens with one attached hydrogen (secondary N) is 4. The molecule has 5 heterocycles. The van der Waals surface area contributed by atoms with Gasteiger partial charge in [0.2, 0.25) is 17.7 Å². The summed E-state index contributed by atoms with van der Waals surface area (Å²) in [5, 5.41) is 13.6. The number of halogens is 2. The molecule has 2 saturated heterocycles. The molecule has 4 aromatic rings. The summed E-state index contributed by atoms with van der Waals surface area (Å²) < 4.78 is 11.3. The van der Waals surface area contributed by atoms with Crippen LogP contribution >= 0.6 is 23.2 Å². The van der Waals surface area contributed by atoms with Gasteiger partial charge in [-0.15, -0.1) is 0 Å². The van der Waals surface area contributed by atoms with Crippen molar-refractivity contribution in [2.24, 2.45) is 0 Å². The quantitative estimate of drug-likeness (QED) is 0.154. The summed E-state index contributed by atoms with van der Waals surface area (Å²) >= 11 is 14.1. The fraction of sp³-hybridized carbons (Fsp3) is 0.343. The first-order valence-corrected chi connectivity index (χ1v) is 16.6. The zero-order valence-corrected chi connectivity index (χ0v) is 28.3. The number of carbonyl (C=O) groups is 2. The van der Waals surface area contributed by atoms with Crippen LogP contribution in [0.4, 0.5) is 0 Å². The van der Waals surface area contributed by atoms with E-state index in [0.717, 1.165) is 35.2 Å². The van der Waals surface area contributed by atoms with Crippen molar-refractivity contribution < 1.29 is 19.1 Å². The SMILES string of the molecule is COc1cc(-c2nccc(-c3cccc(-c4ccc(CNC[C@@H]5CCC(=O)N5)c(OC)n4)c3Cl)c2Cl)cnc1CNC[C@@H]1CCC(=O)N1. The standard InChI is InChI=1S/C35H37Cl2N7O4/c1-47-29-14-21(16-41-28(29)19-39-18-23-8-11-31(46)43-23)34-33(37)25(12-13-40-34)24-4-3-5-26(32(24)36)27-9-6-20(35(44-27)48-2)15-38-17-22-7-10-30(45)42-22/h3-6,9,12-14,16,22-23,38-39H,7-8,10-11,15,17-19H2,1-2H3,(H,42,45)(H,43,46)/t22-,23-/m0/s1. The minimum atomic E-state index is 0.0880. The fourth-order valence-corrected chi connectivity index (χ4v) is 6.69. The third kappa shape index (κ3) is 7.55. The molecule has 3 aromatic heterocycles. The van der Waals surface area contributed by atoms with Gasteiger partial charge < -0.3 is 30.7 Å². The van der Waals surface area contributed by atoms with Gasteiger partial charge in [0, 0.05) is 91.3 Å². The van der Waals surface area contributed by atoms with E-state index in [1.54, 1.807) is 26.6 Å². The van der Waals surface area contributed by atoms with Crippen LogP contribution in [-0.2, 0) is 22.7 Å². The summed E-state index contributed by atoms with van der Waals surface area (Å²) in [5.74, 6) is 1.28. The van der Waals surface area contributed by atoms with Crippen molar-refractivity contribution in [3.63, 3.8) is 0 Å². The van der Waals surface area contributed by atoms with E-state index in [9.17, 15) is 9.59 Å². The van der Waals surface area contributed by atoms with E-state index >= 15 is 0 Å². The van der Waals surface area contributed by atoms with Gasteiger partial charge in [-0.25, -0.2) is 4.98 Å². The molecule has 250 valence electrons. The molecule has 1 aromatic carbocycles. The number of aromatic nitrogens is 3. The molecule has 0 saturated carbocycles. The largest absolute Gasteiger partial charge is 0.495 e. The van der Waals surface area contributed by atoms with Crippen molar-refractivity contribution in [2.45, 2.75) is 50.9 Å². The highest BCUT2D eigenvalue weighted by Crippen LogP contribution is 2.42. The lowest BCUT2D eigenvalue weighted by Gasteiger charge is -2.16. The first kappa shape index (κ1) is 33.6. The van der Waals surface area contributed by atoms with Gasteiger partial charge in [0.1, 0.15) is 5.75 Å². The van der Waals surface area contributed by atoms with E-state index in [1.807, 2.05) is 42.5 Å². The molecule has 2 atom stereocenters. The van der Waals surface area contributed by atoms with Crippen LogP contribution in [0.15, 0.2) is 54.9 Å². The average Bonchev–Trinajstić information content (AvgIpc) is 3.72. The van der Waals surface area contributed by atoms with E-state index in [1.165, 1.54) is 0 Å². The summed E-state index contributed by atoms with van der Waals surface area (Å²) in [7, 11) is 3.19. The Kier molecular flexibility index (Phi) is 10.7. The Hall–Kier alpha value is -4.29. The average molecular weight is 691 g/mol. The minimum absolute atomic E-state index is 0.0880. The van der Waals surface area contributed by atoms with Gasteiger partial charge in [-0.05, 0) is 31.0 Å². The number of hydrogen-bond acceptors (Lipinski definition) is 9. The summed E-state index contributed by atoms with van der Waals surface area (Å²) in [6.07, 6.45) is 6.20. The third-order valence-electron chi connectivity index (χ3n) is 8.57. The zero-order valence-electron chi connectivity index (χ0n) is 26.7. The lowest BCUT2D eigenvalue weighted by molar-refractivity contribution is -0.120. The van der Waals surface area contributed by atoms with Crippen LogP contribution in [0.5, 0.6) is 11.6 Å². The van der Waals surface area contributed by atoms with Crippen molar-refractivity contribution >= 4 is 35.0 Å². The Labute approximate surface area is 289 Å². The number of rotatable bonds is 13. The highest BCUT2D eigenvalue weighted by Gasteiger charge is 2.22. The summed E-state index contributed by atoms with van der Waals surface area (Å²) in [6.45, 7) is 2.35. The van der Waals surface area contributed by atoms with E-state index in [0.29, 0.717) is 83.2 Å². The molecule has 0 bridgehead atoms. The Balaban J connectivity index is 1.20. The second kappa shape index (κ2) is 15.3. The van der Waals surface area contributed by atoms with Gasteiger partial charge in [-0.1, -0.05) is 47.5 Å². The first-order valence-electron chi connectivity index (χ1n) is 15.9. The number of pyridine rings is 3. The van der Waals surface area contributed by atoms with E-state index in [-0.39, 0.29) is 23.9 Å². The van der Waals surface area contributed by atoms with Crippen LogP contribution in [0.25, 0.3) is 33.6 Å². The number of ether oxygens (including phenoxy) is 2. The Morgan fingerprint density at radius 2 is 1.52 bits per heavy atom. The fourth-order valence-electron chi connectivity index (χ4n) is 6.04. The number of benzene rings is 1. The molecule has 13 heteroatoms. The molecule has 2 amide bonds. The predicted octanol–water partition coefficient (Wildman–Crippen LogP) is 4.93. The Bertz CT molecular complexity index is 1690. The van der Waals surface area contributed by atoms with Crippen molar-refractivity contribution in [1.29, 1.82) is 0 Å². The summed E-state index contributed by atoms with van der Waals surface area (Å²) in [6, 6.07) is 13.6. The summed E-state index contributed by atoms with van der Waals surface area (Å²) in [4.78, 5) is 37.0. The maximum atomic E-state index is 11.5. The number of hydrogen-bond donors (Lipinski definition) is 4. The van der Waals surface area contributed by atoms with Gasteiger partial charge >= 0.3 is 0 Å². The van der Waals surface area contributed by atoms with Crippen LogP contribution in [0, 0.1) is 0 Å². The smallest absolute Gasteiger partial charge is 0.220 e. The first-order chi connectivity index (χ1) is 23.3. The van der Waals surface area contributed by atoms with Gasteiger partial charge in [0.05, 0.1) is 41.3 Å². The molecule has 48 heavy (non-hydrogen) atoms. The molecule has 6 rings (SSSR count). The monoisotopic (exact) mass is 689 g/mol. The van der Waals surface area contributed by atoms with Crippen molar-refractivity contribution in [3.05, 3.63) is 76.2 Å². The van der Waals surface area contributed by atoms with Crippen LogP contribution in [0.2, 0.25) is 10.0 Å². The molecule has 0 spiro atoms. The minimum Gasteiger partial charge on any atom is -0.495 e. The second-order valence-corrected chi connectivity index (χ2v) is 12.6. The molecule has 0 aliphatic carbocycles. The Morgan fingerprint density at radius 1 is 0.833 bits per heavy atom. The van der Waals surface area contributed by atoms with Gasteiger partial charge in [-0.2, -0.15) is 0 Å². The highest BCUT2D eigenvalue weighted by atomic mass is 35.5. The molecule has 4 N–H and O–H groups in total. The Morgan fingerprint density at radius 3 is 2.19 bits per heavy atom. The molecule has 11 nitrogen and oxygen atoms in total. The second-order valence-electron chi connectivity index (χ2n) is 11.8.